The summed E-state index contributed by atoms with van der Waals surface area (Å²) in [5.74, 6) is 1.00. The second-order valence-electron chi connectivity index (χ2n) is 4.77. The first-order valence-electron chi connectivity index (χ1n) is 6.72. The minimum absolute atomic E-state index is 0.313. The Hall–Kier alpha value is -1.06. The quantitative estimate of drug-likeness (QED) is 0.838. The average molecular weight is 322 g/mol. The Morgan fingerprint density at radius 3 is 2.79 bits per heavy atom. The fourth-order valence-corrected chi connectivity index (χ4v) is 2.71. The highest BCUT2D eigenvalue weighted by molar-refractivity contribution is 9.10. The van der Waals surface area contributed by atoms with Gasteiger partial charge in [-0.3, -0.25) is 0 Å². The van der Waals surface area contributed by atoms with Crippen molar-refractivity contribution in [2.45, 2.75) is 32.7 Å². The van der Waals surface area contributed by atoms with Gasteiger partial charge in [-0.25, -0.2) is 0 Å². The molecule has 19 heavy (non-hydrogen) atoms. The Bertz CT molecular complexity index is 521. The Morgan fingerprint density at radius 1 is 1.32 bits per heavy atom. The summed E-state index contributed by atoms with van der Waals surface area (Å²) >= 11 is 3.53. The van der Waals surface area contributed by atoms with Crippen LogP contribution in [0.15, 0.2) is 45.5 Å². The van der Waals surface area contributed by atoms with Crippen molar-refractivity contribution in [3.8, 4) is 0 Å². The molecule has 0 aliphatic carbocycles. The highest BCUT2D eigenvalue weighted by Gasteiger charge is 2.15. The van der Waals surface area contributed by atoms with Crippen LogP contribution < -0.4 is 5.32 Å². The smallest absolute Gasteiger partial charge is 0.105 e. The van der Waals surface area contributed by atoms with E-state index < -0.39 is 0 Å². The maximum Gasteiger partial charge on any atom is 0.105 e. The van der Waals surface area contributed by atoms with Crippen molar-refractivity contribution >= 4 is 15.9 Å². The molecule has 0 aliphatic rings. The first-order chi connectivity index (χ1) is 9.20. The monoisotopic (exact) mass is 321 g/mol. The first-order valence-corrected chi connectivity index (χ1v) is 7.51. The normalized spacial score (nSPS) is 12.6. The van der Waals surface area contributed by atoms with E-state index in [1.807, 2.05) is 6.92 Å². The van der Waals surface area contributed by atoms with Crippen molar-refractivity contribution < 1.29 is 4.42 Å². The van der Waals surface area contributed by atoms with Gasteiger partial charge in [-0.05, 0) is 50.1 Å². The predicted molar refractivity (Wildman–Crippen MR) is 82.3 cm³/mol. The largest absolute Gasteiger partial charge is 0.469 e. The van der Waals surface area contributed by atoms with Crippen molar-refractivity contribution in [2.75, 3.05) is 6.54 Å². The second-order valence-corrected chi connectivity index (χ2v) is 5.69. The van der Waals surface area contributed by atoms with Crippen molar-refractivity contribution in [2.24, 2.45) is 0 Å². The van der Waals surface area contributed by atoms with Gasteiger partial charge in [-0.1, -0.05) is 35.0 Å². The molecule has 0 saturated carbocycles. The molecule has 0 amide bonds. The molecule has 102 valence electrons. The van der Waals surface area contributed by atoms with Gasteiger partial charge >= 0.3 is 0 Å². The average Bonchev–Trinajstić information content (AvgIpc) is 2.81. The van der Waals surface area contributed by atoms with Crippen molar-refractivity contribution in [3.63, 3.8) is 0 Å². The molecule has 1 heterocycles. The molecule has 2 rings (SSSR count). The van der Waals surface area contributed by atoms with Gasteiger partial charge in [0, 0.05) is 16.1 Å². The van der Waals surface area contributed by atoms with Crippen LogP contribution in [0.2, 0.25) is 0 Å². The van der Waals surface area contributed by atoms with Gasteiger partial charge in [0.05, 0.1) is 6.26 Å². The van der Waals surface area contributed by atoms with E-state index in [4.69, 9.17) is 4.42 Å². The molecule has 0 radical (unpaired) electrons. The van der Waals surface area contributed by atoms with E-state index in [0.717, 1.165) is 29.6 Å². The maximum atomic E-state index is 5.44. The Balaban J connectivity index is 2.16. The molecular weight excluding hydrogens is 302 g/mol. The van der Waals surface area contributed by atoms with Crippen molar-refractivity contribution in [1.82, 2.24) is 5.32 Å². The van der Waals surface area contributed by atoms with Crippen LogP contribution in [0.4, 0.5) is 0 Å². The van der Waals surface area contributed by atoms with Crippen LogP contribution >= 0.6 is 15.9 Å². The van der Waals surface area contributed by atoms with Crippen LogP contribution in [0.1, 0.15) is 36.3 Å². The lowest BCUT2D eigenvalue weighted by molar-refractivity contribution is 0.494. The molecule has 1 unspecified atom stereocenters. The zero-order valence-corrected chi connectivity index (χ0v) is 13.0. The summed E-state index contributed by atoms with van der Waals surface area (Å²) < 4.78 is 6.57. The molecule has 1 aromatic carbocycles. The summed E-state index contributed by atoms with van der Waals surface area (Å²) in [5, 5.41) is 3.61. The Kier molecular flexibility index (Phi) is 5.23. The molecule has 2 aromatic rings. The number of hydrogen-bond acceptors (Lipinski definition) is 2. The summed E-state index contributed by atoms with van der Waals surface area (Å²) in [5.41, 5.74) is 2.58. The molecule has 0 bridgehead atoms. The number of hydrogen-bond donors (Lipinski definition) is 1. The van der Waals surface area contributed by atoms with Crippen LogP contribution in [-0.4, -0.2) is 6.54 Å². The van der Waals surface area contributed by atoms with E-state index >= 15 is 0 Å². The van der Waals surface area contributed by atoms with Gasteiger partial charge in [0.25, 0.3) is 0 Å². The number of aryl methyl sites for hydroxylation is 1. The van der Waals surface area contributed by atoms with E-state index in [1.54, 1.807) is 6.26 Å². The van der Waals surface area contributed by atoms with Crippen molar-refractivity contribution in [3.05, 3.63) is 58.0 Å². The van der Waals surface area contributed by atoms with E-state index in [-0.39, 0.29) is 0 Å². The van der Waals surface area contributed by atoms with Gasteiger partial charge in [-0.2, -0.15) is 0 Å². The zero-order valence-electron chi connectivity index (χ0n) is 11.4. The molecule has 2 nitrogen and oxygen atoms in total. The second kappa shape index (κ2) is 6.92. The topological polar surface area (TPSA) is 25.2 Å². The minimum Gasteiger partial charge on any atom is -0.469 e. The number of halogens is 1. The SMILES string of the molecule is CCCNC(Cc1cccc(Br)c1)c1ccoc1C. The lowest BCUT2D eigenvalue weighted by Gasteiger charge is -2.18. The summed E-state index contributed by atoms with van der Waals surface area (Å²) in [4.78, 5) is 0. The third kappa shape index (κ3) is 3.95. The molecule has 1 atom stereocenters. The van der Waals surface area contributed by atoms with Crippen LogP contribution in [-0.2, 0) is 6.42 Å². The third-order valence-electron chi connectivity index (χ3n) is 3.24. The summed E-state index contributed by atoms with van der Waals surface area (Å²) in [6.45, 7) is 5.23. The third-order valence-corrected chi connectivity index (χ3v) is 3.74. The standard InChI is InChI=1S/C16H20BrNO/c1-3-8-18-16(15-7-9-19-12(15)2)11-13-5-4-6-14(17)10-13/h4-7,9-10,16,18H,3,8,11H2,1-2H3. The number of furan rings is 1. The molecule has 0 spiro atoms. The van der Waals surface area contributed by atoms with Crippen LogP contribution in [0, 0.1) is 6.92 Å². The van der Waals surface area contributed by atoms with E-state index in [0.29, 0.717) is 6.04 Å². The lowest BCUT2D eigenvalue weighted by Crippen LogP contribution is -2.24. The molecule has 0 aliphatic heterocycles. The predicted octanol–water partition coefficient (Wildman–Crippen LogP) is 4.63. The zero-order chi connectivity index (χ0) is 13.7. The summed E-state index contributed by atoms with van der Waals surface area (Å²) in [7, 11) is 0. The van der Waals surface area contributed by atoms with Gasteiger partial charge in [0.1, 0.15) is 5.76 Å². The van der Waals surface area contributed by atoms with E-state index in [1.165, 1.54) is 11.1 Å². The molecule has 3 heteroatoms. The molecular formula is C16H20BrNO. The van der Waals surface area contributed by atoms with Crippen molar-refractivity contribution in [1.29, 1.82) is 0 Å². The van der Waals surface area contributed by atoms with Gasteiger partial charge in [0.2, 0.25) is 0 Å². The lowest BCUT2D eigenvalue weighted by atomic mass is 9.99. The Labute approximate surface area is 123 Å². The number of rotatable bonds is 6. The van der Waals surface area contributed by atoms with E-state index in [2.05, 4.69) is 58.5 Å². The van der Waals surface area contributed by atoms with Gasteiger partial charge < -0.3 is 9.73 Å². The van der Waals surface area contributed by atoms with Gasteiger partial charge in [0.15, 0.2) is 0 Å². The maximum absolute atomic E-state index is 5.44. The minimum atomic E-state index is 0.313. The summed E-state index contributed by atoms with van der Waals surface area (Å²) in [6.07, 6.45) is 3.87. The highest BCUT2D eigenvalue weighted by atomic mass is 79.9. The van der Waals surface area contributed by atoms with E-state index in [9.17, 15) is 0 Å². The fourth-order valence-electron chi connectivity index (χ4n) is 2.27. The van der Waals surface area contributed by atoms with Crippen LogP contribution in [0.5, 0.6) is 0 Å². The molecule has 0 saturated heterocycles. The molecule has 0 fully saturated rings. The van der Waals surface area contributed by atoms with Crippen LogP contribution in [0.3, 0.4) is 0 Å². The number of nitrogens with one attached hydrogen (secondary N) is 1. The first kappa shape index (κ1) is 14.4. The van der Waals surface area contributed by atoms with Gasteiger partial charge in [-0.15, -0.1) is 0 Å². The summed E-state index contributed by atoms with van der Waals surface area (Å²) in [6, 6.07) is 10.9. The molecule has 1 N–H and O–H groups in total. The fraction of sp³-hybridized carbons (Fsp3) is 0.375. The molecule has 1 aromatic heterocycles. The number of benzene rings is 1. The highest BCUT2D eigenvalue weighted by Crippen LogP contribution is 2.24. The Morgan fingerprint density at radius 2 is 2.16 bits per heavy atom. The van der Waals surface area contributed by atoms with Crippen LogP contribution in [0.25, 0.3) is 0 Å².